The molecule has 0 aromatic carbocycles. The first kappa shape index (κ1) is 13.4. The van der Waals surface area contributed by atoms with Gasteiger partial charge in [0.2, 0.25) is 0 Å². The highest BCUT2D eigenvalue weighted by molar-refractivity contribution is 5.81. The second-order valence-corrected chi connectivity index (χ2v) is 4.26. The summed E-state index contributed by atoms with van der Waals surface area (Å²) in [6, 6.07) is 1.79. The smallest absolute Gasteiger partial charge is 0.329 e. The summed E-state index contributed by atoms with van der Waals surface area (Å²) in [7, 11) is 0. The third-order valence-electron chi connectivity index (χ3n) is 2.71. The fourth-order valence-corrected chi connectivity index (χ4v) is 1.66. The summed E-state index contributed by atoms with van der Waals surface area (Å²) < 4.78 is 0. The lowest BCUT2D eigenvalue weighted by atomic mass is 9.96. The summed E-state index contributed by atoms with van der Waals surface area (Å²) in [4.78, 5) is 19.4. The molecule has 0 aliphatic heterocycles. The van der Waals surface area contributed by atoms with Crippen LogP contribution in [0.5, 0.6) is 0 Å². The van der Waals surface area contributed by atoms with Crippen molar-refractivity contribution in [3.8, 4) is 0 Å². The zero-order valence-corrected chi connectivity index (χ0v) is 10.5. The second kappa shape index (κ2) is 5.61. The maximum Gasteiger partial charge on any atom is 0.329 e. The molecule has 94 valence electrons. The van der Waals surface area contributed by atoms with Gasteiger partial charge in [0.25, 0.3) is 0 Å². The molecule has 1 atom stereocenters. The molecular weight excluding hydrogens is 218 g/mol. The third-order valence-corrected chi connectivity index (χ3v) is 2.71. The van der Waals surface area contributed by atoms with Gasteiger partial charge in [-0.05, 0) is 19.8 Å². The van der Waals surface area contributed by atoms with Crippen molar-refractivity contribution in [3.63, 3.8) is 0 Å². The Hall–Kier alpha value is -1.65. The lowest BCUT2D eigenvalue weighted by Crippen LogP contribution is -2.43. The fourth-order valence-electron chi connectivity index (χ4n) is 1.66. The molecule has 17 heavy (non-hydrogen) atoms. The van der Waals surface area contributed by atoms with E-state index in [9.17, 15) is 9.90 Å². The number of carboxylic acid groups (broad SMARTS) is 1. The van der Waals surface area contributed by atoms with Gasteiger partial charge in [-0.2, -0.15) is 0 Å². The molecule has 1 heterocycles. The van der Waals surface area contributed by atoms with Gasteiger partial charge in [0, 0.05) is 11.8 Å². The SMILES string of the molecule is CCCC(C)(Nc1cc(CC)ncn1)C(=O)O. The van der Waals surface area contributed by atoms with Gasteiger partial charge < -0.3 is 10.4 Å². The van der Waals surface area contributed by atoms with E-state index in [1.165, 1.54) is 6.33 Å². The molecule has 0 saturated heterocycles. The summed E-state index contributed by atoms with van der Waals surface area (Å²) in [5.41, 5.74) is -0.0829. The van der Waals surface area contributed by atoms with Crippen molar-refractivity contribution < 1.29 is 9.90 Å². The van der Waals surface area contributed by atoms with E-state index in [1.54, 1.807) is 13.0 Å². The van der Waals surface area contributed by atoms with Crippen LogP contribution in [0.2, 0.25) is 0 Å². The van der Waals surface area contributed by atoms with Gasteiger partial charge in [0.1, 0.15) is 17.7 Å². The van der Waals surface area contributed by atoms with Crippen molar-refractivity contribution in [2.75, 3.05) is 5.32 Å². The van der Waals surface area contributed by atoms with Crippen LogP contribution in [0.3, 0.4) is 0 Å². The van der Waals surface area contributed by atoms with E-state index in [-0.39, 0.29) is 0 Å². The van der Waals surface area contributed by atoms with Crippen molar-refractivity contribution in [3.05, 3.63) is 18.1 Å². The Kier molecular flexibility index (Phi) is 4.43. The molecule has 5 heteroatoms. The van der Waals surface area contributed by atoms with Crippen molar-refractivity contribution in [2.45, 2.75) is 45.6 Å². The molecule has 1 rings (SSSR count). The number of nitrogens with one attached hydrogen (secondary N) is 1. The molecule has 0 saturated carbocycles. The van der Waals surface area contributed by atoms with Crippen LogP contribution in [0.1, 0.15) is 39.3 Å². The molecule has 5 nitrogen and oxygen atoms in total. The van der Waals surface area contributed by atoms with E-state index in [4.69, 9.17) is 0 Å². The topological polar surface area (TPSA) is 75.1 Å². The molecular formula is C12H19N3O2. The first-order chi connectivity index (χ1) is 8.01. The van der Waals surface area contributed by atoms with Crippen LogP contribution in [0.4, 0.5) is 5.82 Å². The van der Waals surface area contributed by atoms with E-state index in [0.29, 0.717) is 12.2 Å². The fraction of sp³-hybridized carbons (Fsp3) is 0.583. The standard InChI is InChI=1S/C12H19N3O2/c1-4-6-12(3,11(16)17)15-10-7-9(5-2)13-8-14-10/h7-8H,4-6H2,1-3H3,(H,16,17)(H,13,14,15). The largest absolute Gasteiger partial charge is 0.480 e. The number of aliphatic carboxylic acids is 1. The van der Waals surface area contributed by atoms with Crippen molar-refractivity contribution in [1.82, 2.24) is 9.97 Å². The molecule has 1 aromatic rings. The normalized spacial score (nSPS) is 14.1. The molecule has 1 unspecified atom stereocenters. The molecule has 0 amide bonds. The summed E-state index contributed by atoms with van der Waals surface area (Å²) >= 11 is 0. The Bertz CT molecular complexity index is 395. The van der Waals surface area contributed by atoms with E-state index in [2.05, 4.69) is 15.3 Å². The molecule has 0 spiro atoms. The van der Waals surface area contributed by atoms with Crippen LogP contribution < -0.4 is 5.32 Å². The number of carbonyl (C=O) groups is 1. The Morgan fingerprint density at radius 2 is 2.18 bits per heavy atom. The lowest BCUT2D eigenvalue weighted by molar-refractivity contribution is -0.142. The van der Waals surface area contributed by atoms with Gasteiger partial charge >= 0.3 is 5.97 Å². The molecule has 0 aliphatic rings. The van der Waals surface area contributed by atoms with Crippen LogP contribution in [0.25, 0.3) is 0 Å². The van der Waals surface area contributed by atoms with Crippen LogP contribution in [-0.2, 0) is 11.2 Å². The van der Waals surface area contributed by atoms with Crippen molar-refractivity contribution in [2.24, 2.45) is 0 Å². The van der Waals surface area contributed by atoms with Gasteiger partial charge in [-0.25, -0.2) is 14.8 Å². The Balaban J connectivity index is 2.89. The number of nitrogens with zero attached hydrogens (tertiary/aromatic N) is 2. The predicted molar refractivity (Wildman–Crippen MR) is 66.0 cm³/mol. The number of anilines is 1. The van der Waals surface area contributed by atoms with Crippen LogP contribution >= 0.6 is 0 Å². The number of aromatic nitrogens is 2. The number of hydrogen-bond acceptors (Lipinski definition) is 4. The zero-order chi connectivity index (χ0) is 12.9. The minimum absolute atomic E-state index is 0.549. The maximum atomic E-state index is 11.3. The van der Waals surface area contributed by atoms with Crippen LogP contribution in [0.15, 0.2) is 12.4 Å². The van der Waals surface area contributed by atoms with Crippen LogP contribution in [0, 0.1) is 0 Å². The predicted octanol–water partition coefficient (Wildman–Crippen LogP) is 2.09. The second-order valence-electron chi connectivity index (χ2n) is 4.26. The van der Waals surface area contributed by atoms with E-state index in [0.717, 1.165) is 18.5 Å². The highest BCUT2D eigenvalue weighted by atomic mass is 16.4. The molecule has 2 N–H and O–H groups in total. The van der Waals surface area contributed by atoms with Gasteiger partial charge in [0.15, 0.2) is 0 Å². The highest BCUT2D eigenvalue weighted by Gasteiger charge is 2.32. The monoisotopic (exact) mass is 237 g/mol. The molecule has 0 bridgehead atoms. The molecule has 0 aliphatic carbocycles. The highest BCUT2D eigenvalue weighted by Crippen LogP contribution is 2.19. The van der Waals surface area contributed by atoms with Gasteiger partial charge in [-0.15, -0.1) is 0 Å². The van der Waals surface area contributed by atoms with Gasteiger partial charge in [0.05, 0.1) is 0 Å². The number of aryl methyl sites for hydroxylation is 1. The Morgan fingerprint density at radius 3 is 2.71 bits per heavy atom. The average molecular weight is 237 g/mol. The Labute approximate surface area is 101 Å². The van der Waals surface area contributed by atoms with Gasteiger partial charge in [-0.3, -0.25) is 0 Å². The zero-order valence-electron chi connectivity index (χ0n) is 10.5. The molecule has 1 aromatic heterocycles. The van der Waals surface area contributed by atoms with Crippen molar-refractivity contribution in [1.29, 1.82) is 0 Å². The van der Waals surface area contributed by atoms with Crippen molar-refractivity contribution >= 4 is 11.8 Å². The molecule has 0 radical (unpaired) electrons. The third kappa shape index (κ3) is 3.41. The summed E-state index contributed by atoms with van der Waals surface area (Å²) in [6.45, 7) is 5.63. The minimum atomic E-state index is -0.978. The first-order valence-corrected chi connectivity index (χ1v) is 5.84. The number of carboxylic acids is 1. The summed E-state index contributed by atoms with van der Waals surface area (Å²) in [6.07, 6.45) is 3.60. The summed E-state index contributed by atoms with van der Waals surface area (Å²) in [5.74, 6) is -0.300. The maximum absolute atomic E-state index is 11.3. The number of hydrogen-bond donors (Lipinski definition) is 2. The summed E-state index contributed by atoms with van der Waals surface area (Å²) in [5, 5.41) is 12.2. The lowest BCUT2D eigenvalue weighted by Gasteiger charge is -2.26. The Morgan fingerprint density at radius 1 is 1.47 bits per heavy atom. The quantitative estimate of drug-likeness (QED) is 0.792. The average Bonchev–Trinajstić information content (AvgIpc) is 2.29. The van der Waals surface area contributed by atoms with Crippen LogP contribution in [-0.4, -0.2) is 26.6 Å². The van der Waals surface area contributed by atoms with Gasteiger partial charge in [-0.1, -0.05) is 20.3 Å². The molecule has 0 fully saturated rings. The van der Waals surface area contributed by atoms with E-state index >= 15 is 0 Å². The number of rotatable bonds is 6. The minimum Gasteiger partial charge on any atom is -0.480 e. The van der Waals surface area contributed by atoms with E-state index < -0.39 is 11.5 Å². The van der Waals surface area contributed by atoms with E-state index in [1.807, 2.05) is 13.8 Å². The first-order valence-electron chi connectivity index (χ1n) is 5.84.